The normalized spacial score (nSPS) is 10.3. The molecule has 0 amide bonds. The van der Waals surface area contributed by atoms with Gasteiger partial charge in [0, 0.05) is 12.6 Å². The molecule has 66 valence electrons. The van der Waals surface area contributed by atoms with Gasteiger partial charge in [0.25, 0.3) is 0 Å². The molecule has 0 unspecified atom stereocenters. The van der Waals surface area contributed by atoms with Crippen LogP contribution in [0.25, 0.3) is 11.4 Å². The van der Waals surface area contributed by atoms with Gasteiger partial charge in [0.05, 0.1) is 6.20 Å². The molecule has 0 aliphatic carbocycles. The Balaban J connectivity index is 2.53. The predicted molar refractivity (Wildman–Crippen MR) is 56.3 cm³/mol. The number of hydrogen-bond donors (Lipinski definition) is 0. The largest absolute Gasteiger partial charge is 0.322 e. The van der Waals surface area contributed by atoms with E-state index in [1.165, 1.54) is 0 Å². The molecule has 1 heterocycles. The number of imidazole rings is 1. The fourth-order valence-corrected chi connectivity index (χ4v) is 1.51. The van der Waals surface area contributed by atoms with Gasteiger partial charge in [0.1, 0.15) is 10.4 Å². The monoisotopic (exact) mass is 236 g/mol. The number of benzene rings is 1. The first kappa shape index (κ1) is 8.51. The fraction of sp³-hybridized carbons (Fsp3) is 0.100. The van der Waals surface area contributed by atoms with Crippen LogP contribution in [-0.2, 0) is 7.05 Å². The zero-order valence-electron chi connectivity index (χ0n) is 7.24. The van der Waals surface area contributed by atoms with Crippen LogP contribution >= 0.6 is 15.9 Å². The molecule has 0 N–H and O–H groups in total. The highest BCUT2D eigenvalue weighted by Gasteiger charge is 2.04. The van der Waals surface area contributed by atoms with Crippen molar-refractivity contribution < 1.29 is 0 Å². The standard InChI is InChI=1S/C10H9BrN2/c1-13-9(11)7-12-10(13)8-5-3-2-4-6-8/h2-7H,1H3. The van der Waals surface area contributed by atoms with E-state index >= 15 is 0 Å². The second-order valence-corrected chi connectivity index (χ2v) is 3.64. The first-order valence-electron chi connectivity index (χ1n) is 4.01. The van der Waals surface area contributed by atoms with Gasteiger partial charge in [-0.15, -0.1) is 0 Å². The Morgan fingerprint density at radius 1 is 1.23 bits per heavy atom. The Bertz CT molecular complexity index is 406. The maximum atomic E-state index is 4.30. The highest BCUT2D eigenvalue weighted by Crippen LogP contribution is 2.20. The van der Waals surface area contributed by atoms with Crippen LogP contribution in [0, 0.1) is 0 Å². The minimum absolute atomic E-state index is 0.979. The van der Waals surface area contributed by atoms with Gasteiger partial charge in [-0.1, -0.05) is 30.3 Å². The summed E-state index contributed by atoms with van der Waals surface area (Å²) < 4.78 is 3.00. The third-order valence-electron chi connectivity index (χ3n) is 1.96. The summed E-state index contributed by atoms with van der Waals surface area (Å²) in [5, 5.41) is 0. The van der Waals surface area contributed by atoms with E-state index in [2.05, 4.69) is 33.0 Å². The smallest absolute Gasteiger partial charge is 0.140 e. The van der Waals surface area contributed by atoms with E-state index in [-0.39, 0.29) is 0 Å². The Hall–Kier alpha value is -1.09. The molecule has 0 saturated heterocycles. The number of nitrogens with zero attached hydrogens (tertiary/aromatic N) is 2. The molecule has 2 rings (SSSR count). The number of halogens is 1. The summed E-state index contributed by atoms with van der Waals surface area (Å²) in [7, 11) is 1.99. The summed E-state index contributed by atoms with van der Waals surface area (Å²) >= 11 is 3.41. The van der Waals surface area contributed by atoms with Gasteiger partial charge in [-0.25, -0.2) is 4.98 Å². The molecule has 0 aliphatic heterocycles. The lowest BCUT2D eigenvalue weighted by Crippen LogP contribution is -1.92. The molecule has 0 aliphatic rings. The van der Waals surface area contributed by atoms with Crippen LogP contribution in [0.4, 0.5) is 0 Å². The van der Waals surface area contributed by atoms with E-state index < -0.39 is 0 Å². The number of rotatable bonds is 1. The molecular formula is C10H9BrN2. The van der Waals surface area contributed by atoms with Gasteiger partial charge in [0.2, 0.25) is 0 Å². The summed E-state index contributed by atoms with van der Waals surface area (Å²) in [5.74, 6) is 0.979. The number of hydrogen-bond acceptors (Lipinski definition) is 1. The molecule has 13 heavy (non-hydrogen) atoms. The van der Waals surface area contributed by atoms with Crippen molar-refractivity contribution in [3.63, 3.8) is 0 Å². The van der Waals surface area contributed by atoms with Crippen LogP contribution in [0.2, 0.25) is 0 Å². The van der Waals surface area contributed by atoms with Crippen LogP contribution < -0.4 is 0 Å². The van der Waals surface area contributed by atoms with E-state index in [1.54, 1.807) is 0 Å². The first-order valence-corrected chi connectivity index (χ1v) is 4.81. The van der Waals surface area contributed by atoms with Gasteiger partial charge in [0.15, 0.2) is 0 Å². The molecule has 1 aromatic carbocycles. The highest BCUT2D eigenvalue weighted by molar-refractivity contribution is 9.10. The Morgan fingerprint density at radius 2 is 1.92 bits per heavy atom. The molecule has 0 radical (unpaired) electrons. The van der Waals surface area contributed by atoms with Crippen LogP contribution in [0.15, 0.2) is 41.1 Å². The van der Waals surface area contributed by atoms with Crippen LogP contribution in [0.3, 0.4) is 0 Å². The third kappa shape index (κ3) is 1.52. The van der Waals surface area contributed by atoms with Gasteiger partial charge >= 0.3 is 0 Å². The van der Waals surface area contributed by atoms with Crippen LogP contribution in [0.1, 0.15) is 0 Å². The highest BCUT2D eigenvalue weighted by atomic mass is 79.9. The maximum Gasteiger partial charge on any atom is 0.140 e. The van der Waals surface area contributed by atoms with E-state index in [9.17, 15) is 0 Å². The molecule has 2 aromatic rings. The Labute approximate surface area is 85.4 Å². The lowest BCUT2D eigenvalue weighted by Gasteiger charge is -2.01. The van der Waals surface area contributed by atoms with Crippen LogP contribution in [0.5, 0.6) is 0 Å². The van der Waals surface area contributed by atoms with Crippen molar-refractivity contribution in [1.82, 2.24) is 9.55 Å². The molecule has 0 bridgehead atoms. The van der Waals surface area contributed by atoms with E-state index in [0.29, 0.717) is 0 Å². The van der Waals surface area contributed by atoms with Crippen molar-refractivity contribution in [2.24, 2.45) is 7.05 Å². The van der Waals surface area contributed by atoms with E-state index in [4.69, 9.17) is 0 Å². The van der Waals surface area contributed by atoms with Crippen molar-refractivity contribution in [2.45, 2.75) is 0 Å². The predicted octanol–water partition coefficient (Wildman–Crippen LogP) is 2.85. The third-order valence-corrected chi connectivity index (χ3v) is 2.70. The van der Waals surface area contributed by atoms with Crippen molar-refractivity contribution in [1.29, 1.82) is 0 Å². The molecular weight excluding hydrogens is 228 g/mol. The Morgan fingerprint density at radius 3 is 2.46 bits per heavy atom. The van der Waals surface area contributed by atoms with Gasteiger partial charge in [-0.3, -0.25) is 0 Å². The second-order valence-electron chi connectivity index (χ2n) is 2.83. The summed E-state index contributed by atoms with van der Waals surface area (Å²) in [6, 6.07) is 10.1. The zero-order chi connectivity index (χ0) is 9.26. The maximum absolute atomic E-state index is 4.30. The summed E-state index contributed by atoms with van der Waals surface area (Å²) in [6.07, 6.45) is 1.81. The van der Waals surface area contributed by atoms with Crippen molar-refractivity contribution in [3.05, 3.63) is 41.1 Å². The summed E-state index contributed by atoms with van der Waals surface area (Å²) in [5.41, 5.74) is 1.13. The molecule has 0 spiro atoms. The van der Waals surface area contributed by atoms with Crippen molar-refractivity contribution in [2.75, 3.05) is 0 Å². The molecule has 0 fully saturated rings. The SMILES string of the molecule is Cn1c(Br)cnc1-c1ccccc1. The molecule has 1 aromatic heterocycles. The average molecular weight is 237 g/mol. The minimum Gasteiger partial charge on any atom is -0.322 e. The molecule has 2 nitrogen and oxygen atoms in total. The van der Waals surface area contributed by atoms with Crippen LogP contribution in [-0.4, -0.2) is 9.55 Å². The number of aromatic nitrogens is 2. The average Bonchev–Trinajstić information content (AvgIpc) is 2.49. The van der Waals surface area contributed by atoms with Gasteiger partial charge in [-0.05, 0) is 15.9 Å². The summed E-state index contributed by atoms with van der Waals surface area (Å²) in [6.45, 7) is 0. The Kier molecular flexibility index (Phi) is 2.19. The molecule has 0 atom stereocenters. The first-order chi connectivity index (χ1) is 6.29. The second kappa shape index (κ2) is 3.34. The van der Waals surface area contributed by atoms with Gasteiger partial charge < -0.3 is 4.57 Å². The van der Waals surface area contributed by atoms with E-state index in [1.807, 2.05) is 36.0 Å². The lowest BCUT2D eigenvalue weighted by molar-refractivity contribution is 0.902. The van der Waals surface area contributed by atoms with Gasteiger partial charge in [-0.2, -0.15) is 0 Å². The summed E-state index contributed by atoms with van der Waals surface area (Å²) in [4.78, 5) is 4.30. The zero-order valence-corrected chi connectivity index (χ0v) is 8.82. The van der Waals surface area contributed by atoms with Crippen molar-refractivity contribution >= 4 is 15.9 Å². The van der Waals surface area contributed by atoms with Crippen molar-refractivity contribution in [3.8, 4) is 11.4 Å². The minimum atomic E-state index is 0.979. The lowest BCUT2D eigenvalue weighted by atomic mass is 10.2. The topological polar surface area (TPSA) is 17.8 Å². The molecule has 3 heteroatoms. The molecule has 0 saturated carbocycles. The van der Waals surface area contributed by atoms with E-state index in [0.717, 1.165) is 16.0 Å². The fourth-order valence-electron chi connectivity index (χ4n) is 1.24. The quantitative estimate of drug-likeness (QED) is 0.745.